The molecule has 1 aliphatic heterocycles. The summed E-state index contributed by atoms with van der Waals surface area (Å²) >= 11 is 0. The first-order valence-corrected chi connectivity index (χ1v) is 12.1. The monoisotopic (exact) mass is 410 g/mol. The minimum atomic E-state index is -1.40. The van der Waals surface area contributed by atoms with Crippen LogP contribution in [-0.4, -0.2) is 41.6 Å². The van der Waals surface area contributed by atoms with Crippen molar-refractivity contribution in [2.24, 2.45) is 11.8 Å². The predicted octanol–water partition coefficient (Wildman–Crippen LogP) is 4.39. The summed E-state index contributed by atoms with van der Waals surface area (Å²) in [6.45, 7) is 5.53. The highest BCUT2D eigenvalue weighted by atomic mass is 16.3. The molecule has 2 aliphatic carbocycles. The van der Waals surface area contributed by atoms with E-state index in [-0.39, 0.29) is 17.9 Å². The Morgan fingerprint density at radius 1 is 1.10 bits per heavy atom. The summed E-state index contributed by atoms with van der Waals surface area (Å²) in [6.07, 6.45) is 12.2. The van der Waals surface area contributed by atoms with Gasteiger partial charge in [-0.2, -0.15) is 0 Å². The van der Waals surface area contributed by atoms with Gasteiger partial charge in [-0.25, -0.2) is 0 Å². The van der Waals surface area contributed by atoms with E-state index in [1.165, 1.54) is 19.3 Å². The van der Waals surface area contributed by atoms with Gasteiger partial charge in [0.1, 0.15) is 0 Å². The Morgan fingerprint density at radius 3 is 2.43 bits per heavy atom. The molecule has 1 saturated heterocycles. The Morgan fingerprint density at radius 2 is 1.80 bits per heavy atom. The molecule has 2 fully saturated rings. The molecule has 4 heteroatoms. The lowest BCUT2D eigenvalue weighted by Crippen LogP contribution is -2.54. The van der Waals surface area contributed by atoms with Crippen LogP contribution in [0.15, 0.2) is 42.0 Å². The van der Waals surface area contributed by atoms with E-state index in [9.17, 15) is 9.90 Å². The van der Waals surface area contributed by atoms with Gasteiger partial charge in [-0.1, -0.05) is 61.7 Å². The van der Waals surface area contributed by atoms with Crippen LogP contribution in [0.4, 0.5) is 0 Å². The molecule has 3 aliphatic rings. The Labute approximate surface area is 181 Å². The molecule has 2 N–H and O–H groups in total. The predicted molar refractivity (Wildman–Crippen MR) is 121 cm³/mol. The highest BCUT2D eigenvalue weighted by Gasteiger charge is 2.46. The van der Waals surface area contributed by atoms with Crippen molar-refractivity contribution in [2.45, 2.75) is 76.4 Å². The van der Waals surface area contributed by atoms with Gasteiger partial charge < -0.3 is 15.3 Å². The van der Waals surface area contributed by atoms with Crippen molar-refractivity contribution in [1.82, 2.24) is 10.2 Å². The molecular formula is C26H38N2O2. The third kappa shape index (κ3) is 4.65. The van der Waals surface area contributed by atoms with Crippen LogP contribution in [0.25, 0.3) is 0 Å². The van der Waals surface area contributed by atoms with E-state index in [0.717, 1.165) is 69.6 Å². The molecular weight excluding hydrogens is 372 g/mol. The molecule has 1 amide bonds. The zero-order chi connectivity index (χ0) is 21.0. The Balaban J connectivity index is 1.32. The SMILES string of the molecule is CC1CCC=C1CCN1CCC(NC(=O)C(O)(c2ccccc2)C2CCCC2)CC1. The standard InChI is InChI=1S/C26H38N2O2/c1-20-8-7-9-21(20)14-17-28-18-15-24(16-19-28)27-25(29)26(30,23-12-5-6-13-23)22-10-3-2-4-11-22/h2-4,9-11,20,23-24,30H,5-8,12-19H2,1H3,(H,27,29). The number of carbonyl (C=O) groups excluding carboxylic acids is 1. The molecule has 164 valence electrons. The zero-order valence-electron chi connectivity index (χ0n) is 18.5. The molecule has 0 spiro atoms. The van der Waals surface area contributed by atoms with Crippen LogP contribution in [0.1, 0.15) is 70.3 Å². The maximum atomic E-state index is 13.4. The van der Waals surface area contributed by atoms with Gasteiger partial charge >= 0.3 is 0 Å². The molecule has 2 atom stereocenters. The Hall–Kier alpha value is -1.65. The lowest BCUT2D eigenvalue weighted by molar-refractivity contribution is -0.148. The molecule has 0 aromatic heterocycles. The van der Waals surface area contributed by atoms with Crippen LogP contribution in [0.5, 0.6) is 0 Å². The van der Waals surface area contributed by atoms with Crippen molar-refractivity contribution in [2.75, 3.05) is 19.6 Å². The van der Waals surface area contributed by atoms with Crippen LogP contribution in [-0.2, 0) is 10.4 Å². The van der Waals surface area contributed by atoms with E-state index in [1.54, 1.807) is 5.57 Å². The van der Waals surface area contributed by atoms with Gasteiger partial charge in [0.15, 0.2) is 5.60 Å². The minimum absolute atomic E-state index is 0.0154. The summed E-state index contributed by atoms with van der Waals surface area (Å²) in [7, 11) is 0. The summed E-state index contributed by atoms with van der Waals surface area (Å²) in [4.78, 5) is 15.9. The van der Waals surface area contributed by atoms with Crippen LogP contribution in [0.3, 0.4) is 0 Å². The quantitative estimate of drug-likeness (QED) is 0.656. The second kappa shape index (κ2) is 9.65. The number of rotatable bonds is 7. The van der Waals surface area contributed by atoms with Crippen LogP contribution >= 0.6 is 0 Å². The van der Waals surface area contributed by atoms with Crippen LogP contribution in [0, 0.1) is 11.8 Å². The van der Waals surface area contributed by atoms with Gasteiger partial charge in [0.25, 0.3) is 5.91 Å². The van der Waals surface area contributed by atoms with Crippen molar-refractivity contribution in [3.8, 4) is 0 Å². The first-order valence-electron chi connectivity index (χ1n) is 12.1. The first kappa shape index (κ1) is 21.6. The normalized spacial score (nSPS) is 25.8. The smallest absolute Gasteiger partial charge is 0.257 e. The number of hydrogen-bond donors (Lipinski definition) is 2. The summed E-state index contributed by atoms with van der Waals surface area (Å²) in [5.41, 5.74) is 0.973. The average Bonchev–Trinajstić information content (AvgIpc) is 3.45. The van der Waals surface area contributed by atoms with Gasteiger partial charge in [-0.05, 0) is 56.4 Å². The fourth-order valence-electron chi connectivity index (χ4n) is 5.73. The number of likely N-dealkylation sites (tertiary alicyclic amines) is 1. The number of carbonyl (C=O) groups is 1. The molecule has 30 heavy (non-hydrogen) atoms. The van der Waals surface area contributed by atoms with E-state index in [4.69, 9.17) is 0 Å². The lowest BCUT2D eigenvalue weighted by atomic mass is 9.79. The van der Waals surface area contributed by atoms with Gasteiger partial charge in [-0.3, -0.25) is 4.79 Å². The second-order valence-electron chi connectivity index (χ2n) is 9.71. The summed E-state index contributed by atoms with van der Waals surface area (Å²) in [5.74, 6) is 0.582. The zero-order valence-corrected chi connectivity index (χ0v) is 18.5. The number of nitrogens with one attached hydrogen (secondary N) is 1. The molecule has 2 unspecified atom stereocenters. The van der Waals surface area contributed by atoms with E-state index in [1.807, 2.05) is 30.3 Å². The summed E-state index contributed by atoms with van der Waals surface area (Å²) < 4.78 is 0. The Bertz CT molecular complexity index is 733. The maximum absolute atomic E-state index is 13.4. The lowest BCUT2D eigenvalue weighted by Gasteiger charge is -2.37. The highest BCUT2D eigenvalue weighted by molar-refractivity contribution is 5.87. The van der Waals surface area contributed by atoms with Crippen molar-refractivity contribution in [1.29, 1.82) is 0 Å². The number of piperidine rings is 1. The van der Waals surface area contributed by atoms with Crippen molar-refractivity contribution in [3.63, 3.8) is 0 Å². The van der Waals surface area contributed by atoms with Crippen molar-refractivity contribution < 1.29 is 9.90 Å². The van der Waals surface area contributed by atoms with Crippen molar-refractivity contribution >= 4 is 5.91 Å². The largest absolute Gasteiger partial charge is 0.375 e. The average molecular weight is 411 g/mol. The van der Waals surface area contributed by atoms with Gasteiger partial charge in [0, 0.05) is 31.6 Å². The molecule has 1 heterocycles. The van der Waals surface area contributed by atoms with Gasteiger partial charge in [0.2, 0.25) is 0 Å². The fourth-order valence-corrected chi connectivity index (χ4v) is 5.73. The topological polar surface area (TPSA) is 52.6 Å². The van der Waals surface area contributed by atoms with Gasteiger partial charge in [-0.15, -0.1) is 0 Å². The molecule has 4 rings (SSSR count). The highest BCUT2D eigenvalue weighted by Crippen LogP contribution is 2.41. The second-order valence-corrected chi connectivity index (χ2v) is 9.71. The summed E-state index contributed by atoms with van der Waals surface area (Å²) in [6, 6.07) is 9.74. The third-order valence-corrected chi connectivity index (χ3v) is 7.78. The number of nitrogens with zero attached hydrogens (tertiary/aromatic N) is 1. The molecule has 1 aromatic carbocycles. The Kier molecular flexibility index (Phi) is 6.94. The van der Waals surface area contributed by atoms with E-state index in [0.29, 0.717) is 0 Å². The third-order valence-electron chi connectivity index (χ3n) is 7.78. The van der Waals surface area contributed by atoms with Gasteiger partial charge in [0.05, 0.1) is 0 Å². The molecule has 1 saturated carbocycles. The molecule has 1 aromatic rings. The van der Waals surface area contributed by atoms with Crippen LogP contribution < -0.4 is 5.32 Å². The number of allylic oxidation sites excluding steroid dienone is 1. The number of amides is 1. The number of aliphatic hydroxyl groups is 1. The maximum Gasteiger partial charge on any atom is 0.257 e. The molecule has 0 radical (unpaired) electrons. The van der Waals surface area contributed by atoms with Crippen LogP contribution in [0.2, 0.25) is 0 Å². The number of benzene rings is 1. The number of hydrogen-bond acceptors (Lipinski definition) is 3. The van der Waals surface area contributed by atoms with E-state index < -0.39 is 5.60 Å². The fraction of sp³-hybridized carbons (Fsp3) is 0.654. The minimum Gasteiger partial charge on any atom is -0.375 e. The first-order chi connectivity index (χ1) is 14.6. The van der Waals surface area contributed by atoms with Crippen molar-refractivity contribution in [3.05, 3.63) is 47.5 Å². The molecule has 0 bridgehead atoms. The summed E-state index contributed by atoms with van der Waals surface area (Å²) in [5, 5.41) is 14.9. The molecule has 4 nitrogen and oxygen atoms in total. The van der Waals surface area contributed by atoms with E-state index in [2.05, 4.69) is 23.2 Å². The van der Waals surface area contributed by atoms with E-state index >= 15 is 0 Å².